The SMILES string of the molecule is CCC1CC(N(Cc2cc(C(F)(F)F)cc(C(F)(F)F)c2)c2ncc(OCCO)cn2)CC(Cc2ccccc2)N1C(=O)OC(C)(C)C. The van der Waals surface area contributed by atoms with Crippen molar-refractivity contribution < 1.29 is 45.7 Å². The topological polar surface area (TPSA) is 88.0 Å². The summed E-state index contributed by atoms with van der Waals surface area (Å²) in [5.41, 5.74) is -2.91. The lowest BCUT2D eigenvalue weighted by Gasteiger charge is -2.48. The number of ether oxygens (including phenoxy) is 2. The van der Waals surface area contributed by atoms with Crippen LogP contribution in [0.5, 0.6) is 5.75 Å². The maximum absolute atomic E-state index is 13.8. The fourth-order valence-electron chi connectivity index (χ4n) is 5.91. The largest absolute Gasteiger partial charge is 0.488 e. The van der Waals surface area contributed by atoms with Crippen molar-refractivity contribution in [2.24, 2.45) is 0 Å². The van der Waals surface area contributed by atoms with Crippen LogP contribution in [-0.4, -0.2) is 63.0 Å². The number of hydrogen-bond donors (Lipinski definition) is 1. The smallest absolute Gasteiger partial charge is 0.416 e. The Morgan fingerprint density at radius 3 is 2.02 bits per heavy atom. The number of aliphatic hydroxyl groups is 1. The number of carbonyl (C=O) groups excluding carboxylic acids is 1. The van der Waals surface area contributed by atoms with Gasteiger partial charge in [0.15, 0.2) is 5.75 Å². The van der Waals surface area contributed by atoms with Crippen molar-refractivity contribution >= 4 is 12.0 Å². The Morgan fingerprint density at radius 1 is 0.917 bits per heavy atom. The number of alkyl halides is 6. The van der Waals surface area contributed by atoms with Crippen molar-refractivity contribution in [3.63, 3.8) is 0 Å². The number of rotatable bonds is 10. The molecule has 3 aromatic rings. The Hall–Kier alpha value is -4.07. The highest BCUT2D eigenvalue weighted by Crippen LogP contribution is 2.38. The van der Waals surface area contributed by atoms with Crippen LogP contribution in [0.25, 0.3) is 0 Å². The number of halogens is 6. The van der Waals surface area contributed by atoms with Crippen molar-refractivity contribution in [2.45, 2.75) is 96.0 Å². The number of aliphatic hydroxyl groups excluding tert-OH is 1. The molecule has 1 saturated heterocycles. The molecule has 1 aliphatic heterocycles. The maximum Gasteiger partial charge on any atom is 0.416 e. The van der Waals surface area contributed by atoms with Crippen LogP contribution < -0.4 is 9.64 Å². The molecule has 0 radical (unpaired) electrons. The first-order valence-corrected chi connectivity index (χ1v) is 15.6. The van der Waals surface area contributed by atoms with Crippen molar-refractivity contribution in [1.82, 2.24) is 14.9 Å². The minimum Gasteiger partial charge on any atom is -0.488 e. The van der Waals surface area contributed by atoms with Gasteiger partial charge in [0.2, 0.25) is 5.95 Å². The van der Waals surface area contributed by atoms with Crippen molar-refractivity contribution in [2.75, 3.05) is 18.1 Å². The second-order valence-corrected chi connectivity index (χ2v) is 12.8. The van der Waals surface area contributed by atoms with Crippen LogP contribution in [0.3, 0.4) is 0 Å². The third kappa shape index (κ3) is 9.74. The first-order valence-electron chi connectivity index (χ1n) is 15.6. The molecular formula is C34H40F6N4O4. The molecule has 2 aromatic carbocycles. The van der Waals surface area contributed by atoms with E-state index < -0.39 is 47.3 Å². The minimum atomic E-state index is -5.02. The van der Waals surface area contributed by atoms with E-state index in [1.165, 1.54) is 12.4 Å². The van der Waals surface area contributed by atoms with Gasteiger partial charge < -0.3 is 24.4 Å². The van der Waals surface area contributed by atoms with Gasteiger partial charge in [-0.25, -0.2) is 14.8 Å². The van der Waals surface area contributed by atoms with E-state index in [-0.39, 0.29) is 49.1 Å². The van der Waals surface area contributed by atoms with Gasteiger partial charge in [-0.15, -0.1) is 0 Å². The normalized spacial score (nSPS) is 18.8. The van der Waals surface area contributed by atoms with E-state index in [4.69, 9.17) is 14.6 Å². The lowest BCUT2D eigenvalue weighted by molar-refractivity contribution is -0.143. The molecule has 1 amide bonds. The molecule has 0 spiro atoms. The van der Waals surface area contributed by atoms with E-state index in [0.29, 0.717) is 37.8 Å². The van der Waals surface area contributed by atoms with Gasteiger partial charge in [-0.3, -0.25) is 0 Å². The number of carbonyl (C=O) groups is 1. The number of piperidine rings is 1. The molecule has 48 heavy (non-hydrogen) atoms. The van der Waals surface area contributed by atoms with E-state index in [2.05, 4.69) is 9.97 Å². The molecule has 8 nitrogen and oxygen atoms in total. The van der Waals surface area contributed by atoms with E-state index >= 15 is 0 Å². The van der Waals surface area contributed by atoms with Gasteiger partial charge in [0.1, 0.15) is 12.2 Å². The number of nitrogens with zero attached hydrogens (tertiary/aromatic N) is 4. The predicted molar refractivity (Wildman–Crippen MR) is 166 cm³/mol. The lowest BCUT2D eigenvalue weighted by Crippen LogP contribution is -2.58. The second-order valence-electron chi connectivity index (χ2n) is 12.8. The monoisotopic (exact) mass is 682 g/mol. The van der Waals surface area contributed by atoms with E-state index in [9.17, 15) is 31.1 Å². The molecule has 2 heterocycles. The first-order chi connectivity index (χ1) is 22.5. The molecule has 14 heteroatoms. The number of hydrogen-bond acceptors (Lipinski definition) is 7. The fourth-order valence-corrected chi connectivity index (χ4v) is 5.91. The molecule has 262 valence electrons. The Labute approximate surface area is 275 Å². The maximum atomic E-state index is 13.8. The van der Waals surface area contributed by atoms with Gasteiger partial charge >= 0.3 is 18.4 Å². The summed E-state index contributed by atoms with van der Waals surface area (Å²) in [6.45, 7) is 6.53. The highest BCUT2D eigenvalue weighted by atomic mass is 19.4. The van der Waals surface area contributed by atoms with Crippen molar-refractivity contribution in [3.8, 4) is 5.75 Å². The third-order valence-electron chi connectivity index (χ3n) is 7.94. The van der Waals surface area contributed by atoms with E-state index in [1.54, 1.807) is 30.6 Å². The Morgan fingerprint density at radius 2 is 1.50 bits per heavy atom. The minimum absolute atomic E-state index is 0.0284. The van der Waals surface area contributed by atoms with Crippen LogP contribution in [0, 0.1) is 0 Å². The Bertz CT molecular complexity index is 1460. The van der Waals surface area contributed by atoms with Crippen LogP contribution in [0.4, 0.5) is 37.1 Å². The second kappa shape index (κ2) is 15.0. The van der Waals surface area contributed by atoms with Crippen LogP contribution in [-0.2, 0) is 30.1 Å². The summed E-state index contributed by atoms with van der Waals surface area (Å²) >= 11 is 0. The summed E-state index contributed by atoms with van der Waals surface area (Å²) in [5.74, 6) is 0.278. The van der Waals surface area contributed by atoms with Gasteiger partial charge in [-0.1, -0.05) is 37.3 Å². The van der Waals surface area contributed by atoms with Gasteiger partial charge in [0, 0.05) is 24.7 Å². The molecule has 1 aromatic heterocycles. The van der Waals surface area contributed by atoms with Crippen LogP contribution in [0.15, 0.2) is 60.9 Å². The fraction of sp³-hybridized carbons (Fsp3) is 0.500. The molecule has 1 N–H and O–H groups in total. The predicted octanol–water partition coefficient (Wildman–Crippen LogP) is 7.68. The Kier molecular flexibility index (Phi) is 11.5. The summed E-state index contributed by atoms with van der Waals surface area (Å²) in [5, 5.41) is 9.09. The summed E-state index contributed by atoms with van der Waals surface area (Å²) in [6.07, 6.45) is -6.34. The number of likely N-dealkylation sites (tertiary alicyclic amines) is 1. The molecule has 4 rings (SSSR count). The number of anilines is 1. The van der Waals surface area contributed by atoms with Gasteiger partial charge in [0.05, 0.1) is 30.1 Å². The van der Waals surface area contributed by atoms with Gasteiger partial charge in [-0.05, 0) is 75.8 Å². The molecule has 0 aliphatic carbocycles. The summed E-state index contributed by atoms with van der Waals surface area (Å²) in [4.78, 5) is 25.7. The summed E-state index contributed by atoms with van der Waals surface area (Å²) in [6, 6.07) is 9.64. The van der Waals surface area contributed by atoms with Crippen molar-refractivity contribution in [1.29, 1.82) is 0 Å². The quantitative estimate of drug-likeness (QED) is 0.220. The molecular weight excluding hydrogens is 642 g/mol. The Balaban J connectivity index is 1.80. The third-order valence-corrected chi connectivity index (χ3v) is 7.94. The lowest BCUT2D eigenvalue weighted by atomic mass is 9.86. The highest BCUT2D eigenvalue weighted by molar-refractivity contribution is 5.69. The molecule has 1 aliphatic rings. The van der Waals surface area contributed by atoms with E-state index in [1.807, 2.05) is 37.3 Å². The van der Waals surface area contributed by atoms with Gasteiger partial charge in [-0.2, -0.15) is 26.3 Å². The van der Waals surface area contributed by atoms with Crippen LogP contribution in [0.1, 0.15) is 69.2 Å². The number of aromatic nitrogens is 2. The zero-order chi connectivity index (χ0) is 35.3. The standard InChI is InChI=1S/C34H40F6N4O4/c1-5-26-17-27(18-28(15-22-9-7-6-8-10-22)44(26)31(46)48-32(2,3)4)43(30-41-19-29(20-42-30)47-12-11-45)21-23-13-24(33(35,36)37)16-25(14-23)34(38,39)40/h6-10,13-14,16,19-20,26-28,45H,5,11-12,15,17-18,21H2,1-4H3. The average Bonchev–Trinajstić information content (AvgIpc) is 3.01. The first kappa shape index (κ1) is 36.8. The zero-order valence-corrected chi connectivity index (χ0v) is 27.2. The van der Waals surface area contributed by atoms with Crippen molar-refractivity contribution in [3.05, 3.63) is 83.2 Å². The molecule has 0 saturated carbocycles. The van der Waals surface area contributed by atoms with E-state index in [0.717, 1.165) is 5.56 Å². The zero-order valence-electron chi connectivity index (χ0n) is 27.2. The average molecular weight is 683 g/mol. The molecule has 3 unspecified atom stereocenters. The molecule has 0 bridgehead atoms. The van der Waals surface area contributed by atoms with Crippen LogP contribution in [0.2, 0.25) is 0 Å². The molecule has 1 fully saturated rings. The van der Waals surface area contributed by atoms with Gasteiger partial charge in [0.25, 0.3) is 0 Å². The summed E-state index contributed by atoms with van der Waals surface area (Å²) in [7, 11) is 0. The van der Waals surface area contributed by atoms with Crippen LogP contribution >= 0.6 is 0 Å². The summed E-state index contributed by atoms with van der Waals surface area (Å²) < 4.78 is 94.0. The number of benzene rings is 2. The number of amides is 1. The highest BCUT2D eigenvalue weighted by Gasteiger charge is 2.43. The molecule has 3 atom stereocenters.